The Labute approximate surface area is 164 Å². The molecule has 1 fully saturated rings. The molecule has 1 saturated heterocycles. The van der Waals surface area contributed by atoms with Gasteiger partial charge in [0.05, 0.1) is 13.1 Å². The molecule has 11 heteroatoms. The number of nitrogens with two attached hydrogens (primary N) is 1. The number of rotatable bonds is 7. The normalized spacial score (nSPS) is 15.4. The molecule has 3 rings (SSSR count). The maximum Gasteiger partial charge on any atom is 0.573 e. The first-order valence-electron chi connectivity index (χ1n) is 8.78. The van der Waals surface area contributed by atoms with Crippen molar-refractivity contribution < 1.29 is 27.4 Å². The first-order valence-corrected chi connectivity index (χ1v) is 8.78. The molecule has 0 saturated carbocycles. The second-order valence-electron chi connectivity index (χ2n) is 6.63. The van der Waals surface area contributed by atoms with Crippen LogP contribution in [0.1, 0.15) is 12.6 Å². The molecule has 0 radical (unpaired) electrons. The number of nitrogens with one attached hydrogen (secondary N) is 1. The molecule has 1 unspecified atom stereocenters. The number of halogens is 3. The molecule has 3 N–H and O–H groups in total. The van der Waals surface area contributed by atoms with Crippen LogP contribution in [-0.2, 0) is 4.79 Å². The lowest BCUT2D eigenvalue weighted by Gasteiger charge is -2.39. The second kappa shape index (κ2) is 8.02. The van der Waals surface area contributed by atoms with Crippen LogP contribution >= 0.6 is 0 Å². The van der Waals surface area contributed by atoms with Gasteiger partial charge in [0, 0.05) is 11.8 Å². The van der Waals surface area contributed by atoms with E-state index in [2.05, 4.69) is 20.0 Å². The maximum absolute atomic E-state index is 12.2. The molecule has 0 spiro atoms. The van der Waals surface area contributed by atoms with Gasteiger partial charge in [0.2, 0.25) is 11.9 Å². The molecule has 29 heavy (non-hydrogen) atoms. The molecule has 0 aliphatic carbocycles. The highest BCUT2D eigenvalue weighted by molar-refractivity contribution is 5.82. The zero-order valence-corrected chi connectivity index (χ0v) is 15.7. The van der Waals surface area contributed by atoms with E-state index in [-0.39, 0.29) is 11.9 Å². The lowest BCUT2D eigenvalue weighted by molar-refractivity contribution is -0.274. The standard InChI is InChI=1S/C18H20F3N5O3/c1-10-7-15(24-11(2)16(22)27)25-17(23-10)26-8-14(9-26)28-12-3-5-13(6-4-12)29-18(19,20)21/h3-7,11,14H,8-9H2,1-2H3,(H2,22,27)(H,23,24,25). The summed E-state index contributed by atoms with van der Waals surface area (Å²) in [6, 6.07) is 6.36. The van der Waals surface area contributed by atoms with Crippen molar-refractivity contribution in [1.82, 2.24) is 9.97 Å². The molecule has 1 aromatic carbocycles. The Bertz CT molecular complexity index is 870. The van der Waals surface area contributed by atoms with Crippen molar-refractivity contribution in [2.45, 2.75) is 32.4 Å². The van der Waals surface area contributed by atoms with Crippen molar-refractivity contribution in [3.63, 3.8) is 0 Å². The molecular weight excluding hydrogens is 391 g/mol. The van der Waals surface area contributed by atoms with Crippen LogP contribution in [0.3, 0.4) is 0 Å². The van der Waals surface area contributed by atoms with Crippen molar-refractivity contribution in [1.29, 1.82) is 0 Å². The molecule has 1 aliphatic rings. The number of carbonyl (C=O) groups excluding carboxylic acids is 1. The van der Waals surface area contributed by atoms with E-state index >= 15 is 0 Å². The fourth-order valence-electron chi connectivity index (χ4n) is 2.65. The van der Waals surface area contributed by atoms with Gasteiger partial charge in [0.25, 0.3) is 0 Å². The average Bonchev–Trinajstić information content (AvgIpc) is 2.57. The van der Waals surface area contributed by atoms with Crippen molar-refractivity contribution >= 4 is 17.7 Å². The van der Waals surface area contributed by atoms with Crippen LogP contribution in [0.2, 0.25) is 0 Å². The van der Waals surface area contributed by atoms with Crippen molar-refractivity contribution in [3.8, 4) is 11.5 Å². The Kier molecular flexibility index (Phi) is 5.66. The third kappa shape index (κ3) is 5.62. The average molecular weight is 411 g/mol. The van der Waals surface area contributed by atoms with E-state index in [1.54, 1.807) is 13.0 Å². The fraction of sp³-hybridized carbons (Fsp3) is 0.389. The summed E-state index contributed by atoms with van der Waals surface area (Å²) in [5.41, 5.74) is 5.97. The summed E-state index contributed by atoms with van der Waals surface area (Å²) in [7, 11) is 0. The van der Waals surface area contributed by atoms with Crippen LogP contribution in [0.15, 0.2) is 30.3 Å². The number of alkyl halides is 3. The summed E-state index contributed by atoms with van der Waals surface area (Å²) in [6.07, 6.45) is -4.89. The number of ether oxygens (including phenoxy) is 2. The minimum atomic E-state index is -4.73. The van der Waals surface area contributed by atoms with Gasteiger partial charge in [-0.3, -0.25) is 4.79 Å². The number of aryl methyl sites for hydroxylation is 1. The summed E-state index contributed by atoms with van der Waals surface area (Å²) in [4.78, 5) is 21.9. The number of aromatic nitrogens is 2. The predicted octanol–water partition coefficient (Wildman–Crippen LogP) is 2.24. The van der Waals surface area contributed by atoms with Crippen LogP contribution < -0.4 is 25.4 Å². The monoisotopic (exact) mass is 411 g/mol. The van der Waals surface area contributed by atoms with Crippen molar-refractivity contribution in [2.75, 3.05) is 23.3 Å². The molecule has 0 bridgehead atoms. The molecule has 156 valence electrons. The van der Waals surface area contributed by atoms with Crippen LogP contribution in [0.5, 0.6) is 11.5 Å². The highest BCUT2D eigenvalue weighted by Crippen LogP contribution is 2.27. The number of carbonyl (C=O) groups is 1. The third-order valence-corrected chi connectivity index (χ3v) is 4.12. The van der Waals surface area contributed by atoms with Crippen molar-refractivity contribution in [2.24, 2.45) is 5.73 Å². The Morgan fingerprint density at radius 2 is 1.86 bits per heavy atom. The molecular formula is C18H20F3N5O3. The first-order chi connectivity index (χ1) is 13.6. The van der Waals surface area contributed by atoms with Gasteiger partial charge in [-0.15, -0.1) is 13.2 Å². The number of nitrogens with zero attached hydrogens (tertiary/aromatic N) is 3. The molecule has 1 amide bonds. The van der Waals surface area contributed by atoms with E-state index in [0.717, 1.165) is 5.69 Å². The molecule has 1 aliphatic heterocycles. The smallest absolute Gasteiger partial charge is 0.487 e. The van der Waals surface area contributed by atoms with Gasteiger partial charge < -0.3 is 25.4 Å². The molecule has 2 heterocycles. The van der Waals surface area contributed by atoms with Gasteiger partial charge in [-0.25, -0.2) is 4.98 Å². The molecule has 2 aromatic rings. The largest absolute Gasteiger partial charge is 0.573 e. The van der Waals surface area contributed by atoms with Gasteiger partial charge in [0.1, 0.15) is 29.5 Å². The van der Waals surface area contributed by atoms with Crippen LogP contribution in [0.4, 0.5) is 24.9 Å². The molecule has 1 aromatic heterocycles. The zero-order chi connectivity index (χ0) is 21.2. The first kappa shape index (κ1) is 20.5. The third-order valence-electron chi connectivity index (χ3n) is 4.12. The van der Waals surface area contributed by atoms with Crippen LogP contribution in [-0.4, -0.2) is 47.5 Å². The minimum absolute atomic E-state index is 0.158. The summed E-state index contributed by atoms with van der Waals surface area (Å²) in [5.74, 6) is 0.610. The van der Waals surface area contributed by atoms with Gasteiger partial charge >= 0.3 is 6.36 Å². The SMILES string of the molecule is Cc1cc(NC(C)C(N)=O)nc(N2CC(Oc3ccc(OC(F)(F)F)cc3)C2)n1. The molecule has 8 nitrogen and oxygen atoms in total. The Balaban J connectivity index is 1.55. The number of primary amides is 1. The Hall–Kier alpha value is -3.24. The van der Waals surface area contributed by atoms with E-state index in [1.165, 1.54) is 24.3 Å². The van der Waals surface area contributed by atoms with Crippen molar-refractivity contribution in [3.05, 3.63) is 36.0 Å². The number of anilines is 2. The summed E-state index contributed by atoms with van der Waals surface area (Å²) in [5, 5.41) is 2.92. The number of amides is 1. The number of benzene rings is 1. The van der Waals surface area contributed by atoms with E-state index in [1.807, 2.05) is 11.8 Å². The highest BCUT2D eigenvalue weighted by Gasteiger charge is 2.32. The molecule has 1 atom stereocenters. The van der Waals surface area contributed by atoms with Gasteiger partial charge in [-0.05, 0) is 38.1 Å². The Morgan fingerprint density at radius 1 is 1.24 bits per heavy atom. The maximum atomic E-state index is 12.2. The predicted molar refractivity (Wildman–Crippen MR) is 98.8 cm³/mol. The van der Waals surface area contributed by atoms with Gasteiger partial charge in [-0.1, -0.05) is 0 Å². The van der Waals surface area contributed by atoms with E-state index in [0.29, 0.717) is 30.6 Å². The lowest BCUT2D eigenvalue weighted by Crippen LogP contribution is -2.54. The van der Waals surface area contributed by atoms with E-state index in [4.69, 9.17) is 10.5 Å². The zero-order valence-electron chi connectivity index (χ0n) is 15.7. The minimum Gasteiger partial charge on any atom is -0.487 e. The summed E-state index contributed by atoms with van der Waals surface area (Å²) < 4.78 is 46.1. The van der Waals surface area contributed by atoms with Crippen LogP contribution in [0.25, 0.3) is 0 Å². The number of hydrogen-bond donors (Lipinski definition) is 2. The topological polar surface area (TPSA) is 103 Å². The van der Waals surface area contributed by atoms with Crippen LogP contribution in [0, 0.1) is 6.92 Å². The second-order valence-corrected chi connectivity index (χ2v) is 6.63. The summed E-state index contributed by atoms with van der Waals surface area (Å²) in [6.45, 7) is 4.46. The van der Waals surface area contributed by atoms with Gasteiger partial charge in [-0.2, -0.15) is 4.98 Å². The van der Waals surface area contributed by atoms with E-state index in [9.17, 15) is 18.0 Å². The fourth-order valence-corrected chi connectivity index (χ4v) is 2.65. The van der Waals surface area contributed by atoms with E-state index < -0.39 is 18.3 Å². The Morgan fingerprint density at radius 3 is 2.45 bits per heavy atom. The number of hydrogen-bond acceptors (Lipinski definition) is 7. The lowest BCUT2D eigenvalue weighted by atomic mass is 10.2. The van der Waals surface area contributed by atoms with Gasteiger partial charge in [0.15, 0.2) is 0 Å². The highest BCUT2D eigenvalue weighted by atomic mass is 19.4. The summed E-state index contributed by atoms with van der Waals surface area (Å²) >= 11 is 0. The quantitative estimate of drug-likeness (QED) is 0.720.